The van der Waals surface area contributed by atoms with Crippen LogP contribution in [0.25, 0.3) is 21.8 Å². The van der Waals surface area contributed by atoms with Crippen LogP contribution in [0.5, 0.6) is 17.2 Å². The number of aliphatic hydroxyl groups excluding tert-OH is 1. The second-order valence-corrected chi connectivity index (χ2v) is 6.73. The van der Waals surface area contributed by atoms with Crippen molar-refractivity contribution in [2.45, 2.75) is 6.10 Å². The highest BCUT2D eigenvalue weighted by atomic mass is 16.5. The summed E-state index contributed by atoms with van der Waals surface area (Å²) in [5.74, 6) is 0.625. The normalized spacial score (nSPS) is 14.1. The molecule has 0 spiro atoms. The number of rotatable bonds is 10. The Kier molecular flexibility index (Phi) is 4.95. The fourth-order valence-corrected chi connectivity index (χ4v) is 3.26. The predicted octanol–water partition coefficient (Wildman–Crippen LogP) is 3.74. The van der Waals surface area contributed by atoms with Gasteiger partial charge in [-0.05, 0) is 30.3 Å². The summed E-state index contributed by atoms with van der Waals surface area (Å²) in [7, 11) is 1.33. The lowest BCUT2D eigenvalue weighted by Crippen LogP contribution is -2.33. The lowest BCUT2D eigenvalue weighted by molar-refractivity contribution is 0.106. The van der Waals surface area contributed by atoms with E-state index in [2.05, 4.69) is 10.3 Å². The minimum absolute atomic E-state index is 0.0361. The number of benzene rings is 3. The molecule has 6 heteroatoms. The van der Waals surface area contributed by atoms with Gasteiger partial charge in [0.05, 0.1) is 18.1 Å². The summed E-state index contributed by atoms with van der Waals surface area (Å²) < 4.78 is 47.9. The molecule has 1 atom stereocenters. The lowest BCUT2D eigenvalue weighted by atomic mass is 10.1. The van der Waals surface area contributed by atoms with E-state index in [4.69, 9.17) is 19.7 Å². The van der Waals surface area contributed by atoms with Crippen LogP contribution < -0.4 is 19.5 Å². The number of nitrogens with one attached hydrogen (secondary N) is 2. The van der Waals surface area contributed by atoms with E-state index >= 15 is 0 Å². The van der Waals surface area contributed by atoms with Gasteiger partial charge in [-0.1, -0.05) is 36.4 Å². The van der Waals surface area contributed by atoms with Crippen LogP contribution in [0.4, 0.5) is 0 Å². The Morgan fingerprint density at radius 1 is 1.00 bits per heavy atom. The van der Waals surface area contributed by atoms with Crippen molar-refractivity contribution >= 4 is 21.8 Å². The van der Waals surface area contributed by atoms with Crippen LogP contribution in [0, 0.1) is 0 Å². The maximum absolute atomic E-state index is 10.3. The number of methoxy groups -OCH3 is 1. The Balaban J connectivity index is 1.29. The molecule has 3 N–H and O–H groups in total. The van der Waals surface area contributed by atoms with Crippen LogP contribution in [-0.2, 0) is 0 Å². The van der Waals surface area contributed by atoms with Crippen LogP contribution in [-0.4, -0.2) is 49.6 Å². The standard InChI is InChI=1S/C24H26N2O4/c1-28-21-10-4-5-11-22(21)29-14-13-25-15-17(27)16-30-23-12-6-9-20-24(23)18-7-2-3-8-19(18)26-20/h2-12,17,25-27H,13-16H2,1H3/i4D,5D,10D,11D. The number of aliphatic hydroxyl groups is 1. The zero-order valence-corrected chi connectivity index (χ0v) is 16.6. The first-order chi connectivity index (χ1) is 16.4. The third-order valence-corrected chi connectivity index (χ3v) is 4.65. The van der Waals surface area contributed by atoms with Crippen molar-refractivity contribution in [3.8, 4) is 17.2 Å². The van der Waals surface area contributed by atoms with Crippen LogP contribution in [0.1, 0.15) is 5.48 Å². The fourth-order valence-electron chi connectivity index (χ4n) is 3.26. The molecule has 0 saturated carbocycles. The van der Waals surface area contributed by atoms with Crippen LogP contribution in [0.3, 0.4) is 0 Å². The summed E-state index contributed by atoms with van der Waals surface area (Å²) in [5.41, 5.74) is 1.99. The van der Waals surface area contributed by atoms with Crippen molar-refractivity contribution < 1.29 is 24.8 Å². The number of aromatic amines is 1. The fraction of sp³-hybridized carbons (Fsp3) is 0.250. The minimum Gasteiger partial charge on any atom is -0.493 e. The SMILES string of the molecule is [2H]c1c([2H])c([2H])c(OCCNCC(O)COc2cccc3[nH]c4ccccc4c23)c(OC)c1[2H]. The summed E-state index contributed by atoms with van der Waals surface area (Å²) in [6.45, 7) is 0.839. The third kappa shape index (κ3) is 4.50. The van der Waals surface area contributed by atoms with Gasteiger partial charge in [0, 0.05) is 29.4 Å². The first-order valence-corrected chi connectivity index (χ1v) is 9.70. The molecule has 1 aromatic heterocycles. The van der Waals surface area contributed by atoms with Gasteiger partial charge in [0.25, 0.3) is 0 Å². The van der Waals surface area contributed by atoms with E-state index in [1.54, 1.807) is 0 Å². The molecule has 1 unspecified atom stereocenters. The van der Waals surface area contributed by atoms with E-state index in [1.807, 2.05) is 42.5 Å². The number of fused-ring (bicyclic) bond motifs is 3. The van der Waals surface area contributed by atoms with Crippen LogP contribution >= 0.6 is 0 Å². The first kappa shape index (κ1) is 15.6. The number of hydrogen-bond acceptors (Lipinski definition) is 5. The van der Waals surface area contributed by atoms with Gasteiger partial charge in [0.1, 0.15) is 25.1 Å². The summed E-state index contributed by atoms with van der Waals surface area (Å²) >= 11 is 0. The predicted molar refractivity (Wildman–Crippen MR) is 119 cm³/mol. The highest BCUT2D eigenvalue weighted by Gasteiger charge is 2.11. The molecule has 4 aromatic rings. The average molecular weight is 411 g/mol. The zero-order chi connectivity index (χ0) is 24.2. The van der Waals surface area contributed by atoms with Crippen molar-refractivity contribution in [1.82, 2.24) is 10.3 Å². The second kappa shape index (κ2) is 9.52. The van der Waals surface area contributed by atoms with Crippen molar-refractivity contribution in [1.29, 1.82) is 0 Å². The number of para-hydroxylation sites is 3. The van der Waals surface area contributed by atoms with Gasteiger partial charge in [-0.15, -0.1) is 0 Å². The van der Waals surface area contributed by atoms with Crippen molar-refractivity contribution in [3.05, 3.63) is 66.6 Å². The smallest absolute Gasteiger partial charge is 0.161 e. The second-order valence-electron chi connectivity index (χ2n) is 6.73. The van der Waals surface area contributed by atoms with Gasteiger partial charge >= 0.3 is 0 Å². The molecule has 6 nitrogen and oxygen atoms in total. The van der Waals surface area contributed by atoms with Crippen LogP contribution in [0.15, 0.2) is 66.6 Å². The van der Waals surface area contributed by atoms with Crippen molar-refractivity contribution in [3.63, 3.8) is 0 Å². The molecule has 0 bridgehead atoms. The Bertz CT molecular complexity index is 1310. The van der Waals surface area contributed by atoms with E-state index in [0.29, 0.717) is 12.3 Å². The number of ether oxygens (including phenoxy) is 3. The molecular formula is C24H26N2O4. The molecule has 0 fully saturated rings. The van der Waals surface area contributed by atoms with Gasteiger partial charge in [0.2, 0.25) is 0 Å². The molecule has 0 aliphatic heterocycles. The van der Waals surface area contributed by atoms with Gasteiger partial charge in [-0.3, -0.25) is 0 Å². The molecule has 1 heterocycles. The highest BCUT2D eigenvalue weighted by Crippen LogP contribution is 2.33. The topological polar surface area (TPSA) is 75.7 Å². The van der Waals surface area contributed by atoms with E-state index < -0.39 is 6.10 Å². The molecule has 4 rings (SSSR count). The molecule has 3 aromatic carbocycles. The molecular weight excluding hydrogens is 380 g/mol. The summed E-state index contributed by atoms with van der Waals surface area (Å²) in [6.07, 6.45) is -0.760. The minimum atomic E-state index is -0.760. The molecule has 0 amide bonds. The maximum Gasteiger partial charge on any atom is 0.161 e. The largest absolute Gasteiger partial charge is 0.493 e. The third-order valence-electron chi connectivity index (χ3n) is 4.65. The quantitative estimate of drug-likeness (QED) is 0.347. The number of aromatic nitrogens is 1. The Hall–Kier alpha value is -3.22. The zero-order valence-electron chi connectivity index (χ0n) is 20.6. The molecule has 0 saturated heterocycles. The average Bonchev–Trinajstić information content (AvgIpc) is 3.23. The molecule has 0 aliphatic rings. The maximum atomic E-state index is 10.3. The first-order valence-electron chi connectivity index (χ1n) is 11.7. The lowest BCUT2D eigenvalue weighted by Gasteiger charge is -2.15. The molecule has 0 radical (unpaired) electrons. The summed E-state index contributed by atoms with van der Waals surface area (Å²) in [4.78, 5) is 3.36. The highest BCUT2D eigenvalue weighted by molar-refractivity contribution is 6.10. The van der Waals surface area contributed by atoms with Crippen molar-refractivity contribution in [2.75, 3.05) is 33.4 Å². The summed E-state index contributed by atoms with van der Waals surface area (Å²) in [6, 6.07) is 12.4. The Labute approximate surface area is 181 Å². The number of hydrogen-bond donors (Lipinski definition) is 3. The Morgan fingerprint density at radius 2 is 1.80 bits per heavy atom. The van der Waals surface area contributed by atoms with E-state index in [9.17, 15) is 5.11 Å². The van der Waals surface area contributed by atoms with Gasteiger partial charge in [0.15, 0.2) is 11.5 Å². The summed E-state index contributed by atoms with van der Waals surface area (Å²) in [5, 5.41) is 15.4. The van der Waals surface area contributed by atoms with Crippen molar-refractivity contribution in [2.24, 2.45) is 0 Å². The van der Waals surface area contributed by atoms with E-state index in [1.165, 1.54) is 7.11 Å². The Morgan fingerprint density at radius 3 is 2.67 bits per heavy atom. The van der Waals surface area contributed by atoms with E-state index in [-0.39, 0.29) is 55.4 Å². The molecule has 30 heavy (non-hydrogen) atoms. The molecule has 156 valence electrons. The van der Waals surface area contributed by atoms with E-state index in [0.717, 1.165) is 21.8 Å². The van der Waals surface area contributed by atoms with Gasteiger partial charge < -0.3 is 29.6 Å². The molecule has 0 aliphatic carbocycles. The van der Waals surface area contributed by atoms with Gasteiger partial charge in [-0.25, -0.2) is 0 Å². The number of H-pyrrole nitrogens is 1. The van der Waals surface area contributed by atoms with Crippen LogP contribution in [0.2, 0.25) is 0 Å². The monoisotopic (exact) mass is 410 g/mol. The van der Waals surface area contributed by atoms with Gasteiger partial charge in [-0.2, -0.15) is 0 Å².